The zero-order valence-corrected chi connectivity index (χ0v) is 9.76. The van der Waals surface area contributed by atoms with Crippen LogP contribution in [0, 0.1) is 5.92 Å². The van der Waals surface area contributed by atoms with E-state index in [9.17, 15) is 4.79 Å². The molecule has 2 heteroatoms. The van der Waals surface area contributed by atoms with Crippen LogP contribution in [0.4, 0.5) is 0 Å². The summed E-state index contributed by atoms with van der Waals surface area (Å²) < 4.78 is 0. The summed E-state index contributed by atoms with van der Waals surface area (Å²) in [5, 5.41) is 0. The number of hydrogen-bond acceptors (Lipinski definition) is 1. The Labute approximate surface area is 96.6 Å². The molecule has 84 valence electrons. The molecular formula is C14H17NO. The fourth-order valence-corrected chi connectivity index (χ4v) is 2.05. The Morgan fingerprint density at radius 1 is 1.19 bits per heavy atom. The highest BCUT2D eigenvalue weighted by Gasteiger charge is 2.25. The zero-order chi connectivity index (χ0) is 11.5. The van der Waals surface area contributed by atoms with Crippen molar-refractivity contribution in [3.63, 3.8) is 0 Å². The fourth-order valence-electron chi connectivity index (χ4n) is 2.05. The molecule has 0 aliphatic carbocycles. The third kappa shape index (κ3) is 2.16. The highest BCUT2D eigenvalue weighted by atomic mass is 16.2. The minimum Gasteiger partial charge on any atom is -0.338 e. The molecule has 0 saturated carbocycles. The first-order valence-corrected chi connectivity index (χ1v) is 5.67. The number of carbonyl (C=O) groups excluding carboxylic acids is 1. The first-order valence-electron chi connectivity index (χ1n) is 5.67. The van der Waals surface area contributed by atoms with Crippen LogP contribution in [0.15, 0.2) is 42.5 Å². The van der Waals surface area contributed by atoms with E-state index in [1.54, 1.807) is 0 Å². The second-order valence-corrected chi connectivity index (χ2v) is 4.38. The average Bonchev–Trinajstić information content (AvgIpc) is 2.31. The highest BCUT2D eigenvalue weighted by molar-refractivity contribution is 5.81. The second kappa shape index (κ2) is 4.52. The number of amides is 1. The van der Waals surface area contributed by atoms with Crippen molar-refractivity contribution in [2.75, 3.05) is 7.05 Å². The number of nitrogens with zero attached hydrogens (tertiary/aromatic N) is 1. The van der Waals surface area contributed by atoms with Gasteiger partial charge in [-0.2, -0.15) is 0 Å². The summed E-state index contributed by atoms with van der Waals surface area (Å²) in [6.07, 6.45) is 5.04. The fraction of sp³-hybridized carbons (Fsp3) is 0.357. The molecule has 1 amide bonds. The third-order valence-corrected chi connectivity index (χ3v) is 3.14. The summed E-state index contributed by atoms with van der Waals surface area (Å²) in [5.41, 5.74) is 1.27. The van der Waals surface area contributed by atoms with E-state index in [2.05, 4.69) is 18.2 Å². The van der Waals surface area contributed by atoms with Crippen LogP contribution in [0.2, 0.25) is 0 Å². The first kappa shape index (κ1) is 10.9. The maximum absolute atomic E-state index is 11.8. The van der Waals surface area contributed by atoms with Crippen molar-refractivity contribution in [3.05, 3.63) is 48.0 Å². The summed E-state index contributed by atoms with van der Waals surface area (Å²) in [4.78, 5) is 13.6. The second-order valence-electron chi connectivity index (χ2n) is 4.38. The standard InChI is InChI=1S/C14H17NO/c1-11-8-9-13(15(2)14(11)16)10-12-6-4-3-5-7-12/h3-9,11,13H,10H2,1-2H3/t11-,13-/m1/s1. The van der Waals surface area contributed by atoms with Gasteiger partial charge in [-0.05, 0) is 12.0 Å². The Balaban J connectivity index is 2.12. The molecule has 2 atom stereocenters. The molecule has 1 heterocycles. The van der Waals surface area contributed by atoms with Crippen molar-refractivity contribution in [1.82, 2.24) is 4.90 Å². The van der Waals surface area contributed by atoms with E-state index in [1.807, 2.05) is 43.1 Å². The lowest BCUT2D eigenvalue weighted by molar-refractivity contribution is -0.134. The first-order chi connectivity index (χ1) is 7.68. The van der Waals surface area contributed by atoms with E-state index in [1.165, 1.54) is 5.56 Å². The summed E-state index contributed by atoms with van der Waals surface area (Å²) in [5.74, 6) is 0.237. The maximum atomic E-state index is 11.8. The molecule has 0 unspecified atom stereocenters. The SMILES string of the molecule is C[C@@H]1C=C[C@H](Cc2ccccc2)N(C)C1=O. The molecule has 0 bridgehead atoms. The molecule has 1 aliphatic rings. The zero-order valence-electron chi connectivity index (χ0n) is 9.76. The van der Waals surface area contributed by atoms with E-state index < -0.39 is 0 Å². The van der Waals surface area contributed by atoms with E-state index in [-0.39, 0.29) is 17.9 Å². The van der Waals surface area contributed by atoms with Gasteiger partial charge in [0.1, 0.15) is 0 Å². The van der Waals surface area contributed by atoms with Crippen LogP contribution in [0.5, 0.6) is 0 Å². The van der Waals surface area contributed by atoms with Gasteiger partial charge in [0.05, 0.1) is 12.0 Å². The van der Waals surface area contributed by atoms with E-state index in [0.29, 0.717) is 0 Å². The smallest absolute Gasteiger partial charge is 0.229 e. The highest BCUT2D eigenvalue weighted by Crippen LogP contribution is 2.17. The molecule has 16 heavy (non-hydrogen) atoms. The van der Waals surface area contributed by atoms with Crippen LogP contribution >= 0.6 is 0 Å². The van der Waals surface area contributed by atoms with Gasteiger partial charge in [-0.3, -0.25) is 4.79 Å². The van der Waals surface area contributed by atoms with Crippen LogP contribution in [-0.2, 0) is 11.2 Å². The molecule has 1 aromatic rings. The molecule has 0 aromatic heterocycles. The molecule has 0 radical (unpaired) electrons. The number of carbonyl (C=O) groups is 1. The van der Waals surface area contributed by atoms with Crippen LogP contribution < -0.4 is 0 Å². The monoisotopic (exact) mass is 215 g/mol. The van der Waals surface area contributed by atoms with Crippen molar-refractivity contribution >= 4 is 5.91 Å². The Hall–Kier alpha value is -1.57. The van der Waals surface area contributed by atoms with Gasteiger partial charge in [0.15, 0.2) is 0 Å². The summed E-state index contributed by atoms with van der Waals surface area (Å²) >= 11 is 0. The lowest BCUT2D eigenvalue weighted by Gasteiger charge is -2.31. The van der Waals surface area contributed by atoms with Crippen molar-refractivity contribution in [2.24, 2.45) is 5.92 Å². The largest absolute Gasteiger partial charge is 0.338 e. The predicted molar refractivity (Wildman–Crippen MR) is 65.0 cm³/mol. The normalized spacial score (nSPS) is 24.9. The molecule has 1 aliphatic heterocycles. The molecule has 0 saturated heterocycles. The van der Waals surface area contributed by atoms with Crippen molar-refractivity contribution < 1.29 is 4.79 Å². The van der Waals surface area contributed by atoms with Gasteiger partial charge in [0, 0.05) is 7.05 Å². The number of benzene rings is 1. The lowest BCUT2D eigenvalue weighted by atomic mass is 9.97. The van der Waals surface area contributed by atoms with Gasteiger partial charge >= 0.3 is 0 Å². The summed E-state index contributed by atoms with van der Waals surface area (Å²) in [6, 6.07) is 10.5. The Morgan fingerprint density at radius 2 is 1.88 bits per heavy atom. The van der Waals surface area contributed by atoms with E-state index >= 15 is 0 Å². The maximum Gasteiger partial charge on any atom is 0.229 e. The minimum absolute atomic E-state index is 0.0250. The third-order valence-electron chi connectivity index (χ3n) is 3.14. The quantitative estimate of drug-likeness (QED) is 0.693. The van der Waals surface area contributed by atoms with Crippen molar-refractivity contribution in [1.29, 1.82) is 0 Å². The van der Waals surface area contributed by atoms with Crippen molar-refractivity contribution in [2.45, 2.75) is 19.4 Å². The molecule has 0 N–H and O–H groups in total. The average molecular weight is 215 g/mol. The Bertz CT molecular complexity index is 396. The number of likely N-dealkylation sites (N-methyl/N-ethyl adjacent to an activating group) is 1. The van der Waals surface area contributed by atoms with Gasteiger partial charge < -0.3 is 4.90 Å². The molecule has 2 rings (SSSR count). The minimum atomic E-state index is 0.0250. The molecule has 1 aromatic carbocycles. The lowest BCUT2D eigenvalue weighted by Crippen LogP contribution is -2.42. The number of rotatable bonds is 2. The van der Waals surface area contributed by atoms with E-state index in [0.717, 1.165) is 6.42 Å². The van der Waals surface area contributed by atoms with Gasteiger partial charge in [-0.25, -0.2) is 0 Å². The predicted octanol–water partition coefficient (Wildman–Crippen LogP) is 2.26. The summed E-state index contributed by atoms with van der Waals surface area (Å²) in [6.45, 7) is 1.94. The molecule has 0 fully saturated rings. The molecule has 0 spiro atoms. The van der Waals surface area contributed by atoms with Gasteiger partial charge in [0.25, 0.3) is 0 Å². The molecular weight excluding hydrogens is 198 g/mol. The Kier molecular flexibility index (Phi) is 3.09. The van der Waals surface area contributed by atoms with Crippen molar-refractivity contribution in [3.8, 4) is 0 Å². The van der Waals surface area contributed by atoms with Crippen LogP contribution in [0.25, 0.3) is 0 Å². The van der Waals surface area contributed by atoms with Crippen LogP contribution in [0.1, 0.15) is 12.5 Å². The van der Waals surface area contributed by atoms with Gasteiger partial charge in [-0.1, -0.05) is 49.4 Å². The van der Waals surface area contributed by atoms with Gasteiger partial charge in [0.2, 0.25) is 5.91 Å². The topological polar surface area (TPSA) is 20.3 Å². The van der Waals surface area contributed by atoms with E-state index in [4.69, 9.17) is 0 Å². The molecule has 2 nitrogen and oxygen atoms in total. The Morgan fingerprint density at radius 3 is 2.56 bits per heavy atom. The summed E-state index contributed by atoms with van der Waals surface area (Å²) in [7, 11) is 1.88. The van der Waals surface area contributed by atoms with Crippen LogP contribution in [0.3, 0.4) is 0 Å². The van der Waals surface area contributed by atoms with Crippen LogP contribution in [-0.4, -0.2) is 23.9 Å². The number of hydrogen-bond donors (Lipinski definition) is 0. The van der Waals surface area contributed by atoms with Gasteiger partial charge in [-0.15, -0.1) is 0 Å².